The van der Waals surface area contributed by atoms with Crippen LogP contribution in [0.25, 0.3) is 0 Å². The zero-order valence-corrected chi connectivity index (χ0v) is 15.9. The summed E-state index contributed by atoms with van der Waals surface area (Å²) in [6, 6.07) is 13.4. The number of nitrogens with one attached hydrogen (secondary N) is 2. The van der Waals surface area contributed by atoms with E-state index in [9.17, 15) is 14.7 Å². The van der Waals surface area contributed by atoms with Gasteiger partial charge in [0.1, 0.15) is 6.42 Å². The molecular formula is C19H14Cl2N4O3. The molecular weight excluding hydrogens is 403 g/mol. The van der Waals surface area contributed by atoms with Gasteiger partial charge in [-0.05, 0) is 17.7 Å². The van der Waals surface area contributed by atoms with Gasteiger partial charge in [0.15, 0.2) is 5.60 Å². The van der Waals surface area contributed by atoms with Crippen LogP contribution in [0.2, 0.25) is 10.0 Å². The summed E-state index contributed by atoms with van der Waals surface area (Å²) < 4.78 is 0. The van der Waals surface area contributed by atoms with Crippen molar-refractivity contribution in [1.82, 2.24) is 5.43 Å². The molecule has 2 aromatic rings. The molecule has 1 atom stereocenters. The molecule has 3 N–H and O–H groups in total. The molecule has 7 nitrogen and oxygen atoms in total. The van der Waals surface area contributed by atoms with Crippen LogP contribution in [0.15, 0.2) is 47.6 Å². The summed E-state index contributed by atoms with van der Waals surface area (Å²) in [6.07, 6.45) is -0.621. The van der Waals surface area contributed by atoms with E-state index in [4.69, 9.17) is 28.5 Å². The number of benzene rings is 2. The summed E-state index contributed by atoms with van der Waals surface area (Å²) in [5.74, 6) is -1.29. The van der Waals surface area contributed by atoms with E-state index in [2.05, 4.69) is 15.8 Å². The van der Waals surface area contributed by atoms with E-state index in [1.54, 1.807) is 36.4 Å². The van der Waals surface area contributed by atoms with Crippen LogP contribution in [0.1, 0.15) is 24.0 Å². The van der Waals surface area contributed by atoms with E-state index >= 15 is 0 Å². The molecule has 1 aliphatic heterocycles. The molecule has 0 saturated carbocycles. The molecule has 0 aliphatic carbocycles. The van der Waals surface area contributed by atoms with Crippen LogP contribution >= 0.6 is 23.2 Å². The number of hydrogen-bond donors (Lipinski definition) is 3. The first-order chi connectivity index (χ1) is 13.3. The molecule has 28 heavy (non-hydrogen) atoms. The second-order valence-electron chi connectivity index (χ2n) is 6.10. The first kappa shape index (κ1) is 19.8. The van der Waals surface area contributed by atoms with E-state index in [0.29, 0.717) is 5.56 Å². The van der Waals surface area contributed by atoms with Crippen LogP contribution < -0.4 is 10.7 Å². The quantitative estimate of drug-likeness (QED) is 0.513. The standard InChI is InChI=1S/C19H14Cl2N4O3/c20-12-8-13-17(14(21)9-12)23-18(27)19(13,28)10-15(11-4-2-1-3-5-11)24-25-16(26)6-7-22/h1-5,8-9,28H,6,10H2,(H,23,27)(H,25,26)/b24-15-/t19-/m1/s1. The zero-order chi connectivity index (χ0) is 20.3. The maximum absolute atomic E-state index is 12.6. The molecule has 142 valence electrons. The minimum absolute atomic E-state index is 0.201. The monoisotopic (exact) mass is 416 g/mol. The van der Waals surface area contributed by atoms with E-state index in [1.165, 1.54) is 12.1 Å². The first-order valence-electron chi connectivity index (χ1n) is 8.16. The van der Waals surface area contributed by atoms with Gasteiger partial charge >= 0.3 is 0 Å². The van der Waals surface area contributed by atoms with Crippen LogP contribution in [0.4, 0.5) is 5.69 Å². The van der Waals surface area contributed by atoms with E-state index in [1.807, 2.05) is 0 Å². The lowest BCUT2D eigenvalue weighted by Crippen LogP contribution is -2.37. The van der Waals surface area contributed by atoms with Crippen molar-refractivity contribution in [2.45, 2.75) is 18.4 Å². The third-order valence-corrected chi connectivity index (χ3v) is 4.72. The maximum Gasteiger partial charge on any atom is 0.261 e. The predicted molar refractivity (Wildman–Crippen MR) is 105 cm³/mol. The maximum atomic E-state index is 12.6. The summed E-state index contributed by atoms with van der Waals surface area (Å²) in [6.45, 7) is 0. The van der Waals surface area contributed by atoms with Crippen molar-refractivity contribution in [2.24, 2.45) is 5.10 Å². The molecule has 0 radical (unpaired) electrons. The van der Waals surface area contributed by atoms with E-state index in [0.717, 1.165) is 0 Å². The van der Waals surface area contributed by atoms with Gasteiger partial charge in [0.2, 0.25) is 0 Å². The summed E-state index contributed by atoms with van der Waals surface area (Å²) in [7, 11) is 0. The Labute approximate surface area is 170 Å². The number of amides is 2. The second kappa shape index (κ2) is 7.98. The fraction of sp³-hybridized carbons (Fsp3) is 0.158. The number of halogens is 2. The number of nitriles is 1. The van der Waals surface area contributed by atoms with Gasteiger partial charge in [-0.25, -0.2) is 5.43 Å². The van der Waals surface area contributed by atoms with Gasteiger partial charge in [0.05, 0.1) is 22.5 Å². The third kappa shape index (κ3) is 3.85. The molecule has 0 fully saturated rings. The van der Waals surface area contributed by atoms with Crippen molar-refractivity contribution in [1.29, 1.82) is 5.26 Å². The van der Waals surface area contributed by atoms with Gasteiger partial charge in [-0.3, -0.25) is 9.59 Å². The summed E-state index contributed by atoms with van der Waals surface area (Å²) in [4.78, 5) is 24.2. The number of fused-ring (bicyclic) bond motifs is 1. The Morgan fingerprint density at radius 2 is 2.00 bits per heavy atom. The molecule has 2 aromatic carbocycles. The van der Waals surface area contributed by atoms with E-state index < -0.39 is 17.4 Å². The molecule has 0 spiro atoms. The van der Waals surface area contributed by atoms with Crippen LogP contribution in [0, 0.1) is 11.3 Å². The SMILES string of the molecule is N#CCC(=O)N/N=C(/C[C@]1(O)C(=O)Nc2c(Cl)cc(Cl)cc21)c1ccccc1. The summed E-state index contributed by atoms with van der Waals surface area (Å²) in [5, 5.41) is 26.9. The van der Waals surface area contributed by atoms with Crippen molar-refractivity contribution in [3.8, 4) is 6.07 Å². The minimum atomic E-state index is -1.99. The van der Waals surface area contributed by atoms with E-state index in [-0.39, 0.29) is 39.8 Å². The van der Waals surface area contributed by atoms with Crippen molar-refractivity contribution in [2.75, 3.05) is 5.32 Å². The molecule has 9 heteroatoms. The number of aliphatic hydroxyl groups is 1. The molecule has 0 unspecified atom stereocenters. The summed E-state index contributed by atoms with van der Waals surface area (Å²) >= 11 is 12.2. The predicted octanol–water partition coefficient (Wildman–Crippen LogP) is 2.96. The average molecular weight is 417 g/mol. The lowest BCUT2D eigenvalue weighted by Gasteiger charge is -2.22. The van der Waals surface area contributed by atoms with Gasteiger partial charge < -0.3 is 10.4 Å². The van der Waals surface area contributed by atoms with Crippen LogP contribution in [-0.2, 0) is 15.2 Å². The molecule has 0 aromatic heterocycles. The number of hydrogen-bond acceptors (Lipinski definition) is 5. The Balaban J connectivity index is 2.02. The van der Waals surface area contributed by atoms with Crippen molar-refractivity contribution < 1.29 is 14.7 Å². The van der Waals surface area contributed by atoms with Gasteiger partial charge in [0.25, 0.3) is 11.8 Å². The van der Waals surface area contributed by atoms with Crippen LogP contribution in [0.3, 0.4) is 0 Å². The lowest BCUT2D eigenvalue weighted by atomic mass is 9.87. The lowest BCUT2D eigenvalue weighted by molar-refractivity contribution is -0.132. The Bertz CT molecular complexity index is 1020. The van der Waals surface area contributed by atoms with Crippen LogP contribution in [0.5, 0.6) is 0 Å². The Kier molecular flexibility index (Phi) is 5.66. The zero-order valence-electron chi connectivity index (χ0n) is 14.4. The topological polar surface area (TPSA) is 115 Å². The highest BCUT2D eigenvalue weighted by Crippen LogP contribution is 2.44. The molecule has 1 heterocycles. The summed E-state index contributed by atoms with van der Waals surface area (Å²) in [5.41, 5.74) is 1.61. The normalized spacial score (nSPS) is 18.2. The fourth-order valence-electron chi connectivity index (χ4n) is 2.86. The first-order valence-corrected chi connectivity index (χ1v) is 8.92. The molecule has 1 aliphatic rings. The Morgan fingerprint density at radius 3 is 2.68 bits per heavy atom. The highest BCUT2D eigenvalue weighted by Gasteiger charge is 2.47. The van der Waals surface area contributed by atoms with Gasteiger partial charge in [0, 0.05) is 17.0 Å². The van der Waals surface area contributed by atoms with Crippen molar-refractivity contribution >= 4 is 46.4 Å². The fourth-order valence-corrected chi connectivity index (χ4v) is 3.40. The second-order valence-corrected chi connectivity index (χ2v) is 6.94. The largest absolute Gasteiger partial charge is 0.375 e. The number of carbonyl (C=O) groups is 2. The molecule has 2 amide bonds. The van der Waals surface area contributed by atoms with Gasteiger partial charge in [-0.2, -0.15) is 10.4 Å². The highest BCUT2D eigenvalue weighted by atomic mass is 35.5. The molecule has 0 bridgehead atoms. The molecule has 0 saturated heterocycles. The van der Waals surface area contributed by atoms with Crippen LogP contribution in [-0.4, -0.2) is 22.6 Å². The average Bonchev–Trinajstić information content (AvgIpc) is 2.91. The number of nitrogens with zero attached hydrogens (tertiary/aromatic N) is 2. The van der Waals surface area contributed by atoms with Gasteiger partial charge in [-0.15, -0.1) is 0 Å². The van der Waals surface area contributed by atoms with Crippen molar-refractivity contribution in [3.05, 3.63) is 63.6 Å². The smallest absolute Gasteiger partial charge is 0.261 e. The molecule has 3 rings (SSSR count). The Morgan fingerprint density at radius 1 is 1.29 bits per heavy atom. The number of anilines is 1. The minimum Gasteiger partial charge on any atom is -0.375 e. The number of carbonyl (C=O) groups excluding carboxylic acids is 2. The van der Waals surface area contributed by atoms with Crippen molar-refractivity contribution in [3.63, 3.8) is 0 Å². The number of rotatable bonds is 5. The van der Waals surface area contributed by atoms with Gasteiger partial charge in [-0.1, -0.05) is 53.5 Å². The Hall–Kier alpha value is -2.92. The highest BCUT2D eigenvalue weighted by molar-refractivity contribution is 6.37. The third-order valence-electron chi connectivity index (χ3n) is 4.20. The number of hydrazone groups is 1.